The minimum Gasteiger partial charge on any atom is -0.507 e. The number of aryl methyl sites for hydroxylation is 1. The minimum absolute atomic E-state index is 0.0169. The molecule has 0 amide bonds. The van der Waals surface area contributed by atoms with Gasteiger partial charge in [0.1, 0.15) is 11.3 Å². The van der Waals surface area contributed by atoms with E-state index in [1.165, 1.54) is 5.56 Å². The Morgan fingerprint density at radius 2 is 1.70 bits per heavy atom. The molecule has 0 bridgehead atoms. The largest absolute Gasteiger partial charge is 0.507 e. The molecule has 2 atom stereocenters. The van der Waals surface area contributed by atoms with Crippen molar-refractivity contribution in [2.24, 2.45) is 0 Å². The highest BCUT2D eigenvalue weighted by atomic mass is 16.4. The van der Waals surface area contributed by atoms with Crippen molar-refractivity contribution >= 4 is 5.97 Å². The molecular weight excluding hydrogens is 288 g/mol. The Morgan fingerprint density at radius 3 is 2.22 bits per heavy atom. The smallest absolute Gasteiger partial charge is 0.339 e. The third-order valence-corrected chi connectivity index (χ3v) is 4.62. The van der Waals surface area contributed by atoms with Crippen LogP contribution in [0.5, 0.6) is 5.75 Å². The second kappa shape index (κ2) is 6.86. The second-order valence-electron chi connectivity index (χ2n) is 6.25. The second-order valence-corrected chi connectivity index (χ2v) is 6.25. The molecule has 3 nitrogen and oxygen atoms in total. The van der Waals surface area contributed by atoms with Gasteiger partial charge in [-0.05, 0) is 36.5 Å². The lowest BCUT2D eigenvalue weighted by Gasteiger charge is -2.19. The molecule has 0 fully saturated rings. The van der Waals surface area contributed by atoms with Gasteiger partial charge in [-0.3, -0.25) is 0 Å². The number of rotatable bonds is 5. The van der Waals surface area contributed by atoms with Crippen molar-refractivity contribution < 1.29 is 15.0 Å². The van der Waals surface area contributed by atoms with Crippen LogP contribution in [0.25, 0.3) is 0 Å². The summed E-state index contributed by atoms with van der Waals surface area (Å²) in [6.45, 7) is 8.16. The third kappa shape index (κ3) is 3.55. The van der Waals surface area contributed by atoms with E-state index in [-0.39, 0.29) is 23.1 Å². The van der Waals surface area contributed by atoms with Gasteiger partial charge in [0.25, 0.3) is 0 Å². The Bertz CT molecular complexity index is 702. The van der Waals surface area contributed by atoms with Crippen molar-refractivity contribution in [3.63, 3.8) is 0 Å². The first-order valence-corrected chi connectivity index (χ1v) is 8.01. The molecule has 0 radical (unpaired) electrons. The standard InChI is InChI=1S/C20H24O3/c1-5-13(3)16-10-17(19(21)18(11-16)20(22)23)14(4)15-8-6-12(2)7-9-15/h6-11,13-14,21H,5H2,1-4H3,(H,22,23). The van der Waals surface area contributed by atoms with Crippen molar-refractivity contribution in [1.82, 2.24) is 0 Å². The molecule has 2 rings (SSSR count). The zero-order chi connectivity index (χ0) is 17.1. The van der Waals surface area contributed by atoms with E-state index < -0.39 is 5.97 Å². The van der Waals surface area contributed by atoms with Crippen LogP contribution in [0.3, 0.4) is 0 Å². The molecule has 0 aliphatic carbocycles. The van der Waals surface area contributed by atoms with Gasteiger partial charge in [-0.25, -0.2) is 4.79 Å². The molecule has 0 saturated heterocycles. The van der Waals surface area contributed by atoms with Crippen LogP contribution >= 0.6 is 0 Å². The fourth-order valence-electron chi connectivity index (χ4n) is 2.73. The molecule has 0 aliphatic rings. The van der Waals surface area contributed by atoms with Crippen molar-refractivity contribution in [3.05, 3.63) is 64.2 Å². The van der Waals surface area contributed by atoms with E-state index in [2.05, 4.69) is 13.8 Å². The number of hydrogen-bond donors (Lipinski definition) is 2. The topological polar surface area (TPSA) is 57.5 Å². The molecule has 2 aromatic carbocycles. The Labute approximate surface area is 137 Å². The summed E-state index contributed by atoms with van der Waals surface area (Å²) in [6, 6.07) is 11.6. The molecular formula is C20H24O3. The van der Waals surface area contributed by atoms with Crippen LogP contribution in [0, 0.1) is 6.92 Å². The van der Waals surface area contributed by atoms with E-state index in [0.29, 0.717) is 5.56 Å². The van der Waals surface area contributed by atoms with E-state index in [1.54, 1.807) is 6.07 Å². The lowest BCUT2D eigenvalue weighted by molar-refractivity contribution is 0.0693. The van der Waals surface area contributed by atoms with Crippen LogP contribution in [0.1, 0.15) is 71.6 Å². The summed E-state index contributed by atoms with van der Waals surface area (Å²) >= 11 is 0. The molecule has 0 aliphatic heterocycles. The molecule has 3 heteroatoms. The van der Waals surface area contributed by atoms with Gasteiger partial charge in [-0.15, -0.1) is 0 Å². The van der Waals surface area contributed by atoms with Crippen LogP contribution in [0.4, 0.5) is 0 Å². The molecule has 2 unspecified atom stereocenters. The van der Waals surface area contributed by atoms with Crippen LogP contribution < -0.4 is 0 Å². The number of carbonyl (C=O) groups is 1. The highest BCUT2D eigenvalue weighted by Crippen LogP contribution is 2.36. The third-order valence-electron chi connectivity index (χ3n) is 4.62. The molecule has 0 spiro atoms. The number of hydrogen-bond acceptors (Lipinski definition) is 2. The van der Waals surface area contributed by atoms with Crippen molar-refractivity contribution in [3.8, 4) is 5.75 Å². The fraction of sp³-hybridized carbons (Fsp3) is 0.350. The molecule has 2 N–H and O–H groups in total. The number of phenols is 1. The number of carboxylic acid groups (broad SMARTS) is 1. The van der Waals surface area contributed by atoms with Gasteiger partial charge in [-0.2, -0.15) is 0 Å². The normalized spacial score (nSPS) is 13.6. The zero-order valence-corrected chi connectivity index (χ0v) is 14.1. The Morgan fingerprint density at radius 1 is 1.09 bits per heavy atom. The van der Waals surface area contributed by atoms with Crippen LogP contribution in [0.15, 0.2) is 36.4 Å². The summed E-state index contributed by atoms with van der Waals surface area (Å²) in [5, 5.41) is 19.8. The first-order valence-electron chi connectivity index (χ1n) is 8.01. The lowest BCUT2D eigenvalue weighted by Crippen LogP contribution is -2.06. The maximum absolute atomic E-state index is 11.5. The molecule has 0 aromatic heterocycles. The molecule has 0 heterocycles. The molecule has 23 heavy (non-hydrogen) atoms. The Hall–Kier alpha value is -2.29. The number of aromatic hydroxyl groups is 1. The summed E-state index contributed by atoms with van der Waals surface area (Å²) in [5.74, 6) is -1.04. The number of aromatic carboxylic acids is 1. The van der Waals surface area contributed by atoms with Gasteiger partial charge in [0.05, 0.1) is 0 Å². The zero-order valence-electron chi connectivity index (χ0n) is 14.1. The quantitative estimate of drug-likeness (QED) is 0.811. The number of carboxylic acids is 1. The molecule has 122 valence electrons. The summed E-state index contributed by atoms with van der Waals surface area (Å²) in [6.07, 6.45) is 0.919. The predicted molar refractivity (Wildman–Crippen MR) is 92.5 cm³/mol. The van der Waals surface area contributed by atoms with Crippen LogP contribution in [-0.4, -0.2) is 16.2 Å². The van der Waals surface area contributed by atoms with Crippen molar-refractivity contribution in [2.75, 3.05) is 0 Å². The molecule has 0 saturated carbocycles. The Balaban J connectivity index is 2.57. The van der Waals surface area contributed by atoms with Gasteiger partial charge in [0.2, 0.25) is 0 Å². The highest BCUT2D eigenvalue weighted by molar-refractivity contribution is 5.91. The SMILES string of the molecule is CCC(C)c1cc(C(=O)O)c(O)c(C(C)c2ccc(C)cc2)c1. The highest BCUT2D eigenvalue weighted by Gasteiger charge is 2.21. The van der Waals surface area contributed by atoms with Gasteiger partial charge in [-0.1, -0.05) is 56.7 Å². The van der Waals surface area contributed by atoms with Gasteiger partial charge >= 0.3 is 5.97 Å². The van der Waals surface area contributed by atoms with Gasteiger partial charge in [0.15, 0.2) is 0 Å². The van der Waals surface area contributed by atoms with Gasteiger partial charge < -0.3 is 10.2 Å². The van der Waals surface area contributed by atoms with E-state index in [4.69, 9.17) is 0 Å². The van der Waals surface area contributed by atoms with Crippen LogP contribution in [0.2, 0.25) is 0 Å². The average molecular weight is 312 g/mol. The van der Waals surface area contributed by atoms with Gasteiger partial charge in [0, 0.05) is 11.5 Å². The van der Waals surface area contributed by atoms with E-state index in [0.717, 1.165) is 17.5 Å². The monoisotopic (exact) mass is 312 g/mol. The summed E-state index contributed by atoms with van der Waals surface area (Å²) in [4.78, 5) is 11.5. The van der Waals surface area contributed by atoms with Crippen LogP contribution in [-0.2, 0) is 0 Å². The maximum atomic E-state index is 11.5. The van der Waals surface area contributed by atoms with E-state index >= 15 is 0 Å². The van der Waals surface area contributed by atoms with Crippen molar-refractivity contribution in [1.29, 1.82) is 0 Å². The maximum Gasteiger partial charge on any atom is 0.339 e. The lowest BCUT2D eigenvalue weighted by atomic mass is 9.86. The van der Waals surface area contributed by atoms with E-state index in [9.17, 15) is 15.0 Å². The predicted octanol–water partition coefficient (Wildman–Crippen LogP) is 5.06. The Kier molecular flexibility index (Phi) is 5.09. The fourth-order valence-corrected chi connectivity index (χ4v) is 2.73. The van der Waals surface area contributed by atoms with Crippen molar-refractivity contribution in [2.45, 2.75) is 46.0 Å². The summed E-state index contributed by atoms with van der Waals surface area (Å²) in [7, 11) is 0. The number of benzene rings is 2. The average Bonchev–Trinajstić information content (AvgIpc) is 2.54. The first-order chi connectivity index (χ1) is 10.8. The first kappa shape index (κ1) is 17.1. The summed E-state index contributed by atoms with van der Waals surface area (Å²) < 4.78 is 0. The summed E-state index contributed by atoms with van der Waals surface area (Å²) in [5.41, 5.74) is 3.84. The molecule has 2 aromatic rings. The minimum atomic E-state index is -1.09. The van der Waals surface area contributed by atoms with E-state index in [1.807, 2.05) is 44.2 Å².